The van der Waals surface area contributed by atoms with E-state index in [0.717, 1.165) is 0 Å². The van der Waals surface area contributed by atoms with Gasteiger partial charge in [0.2, 0.25) is 0 Å². The predicted molar refractivity (Wildman–Crippen MR) is 71.2 cm³/mol. The lowest BCUT2D eigenvalue weighted by Gasteiger charge is -2.42. The SMILES string of the molecule is COC1CCCC(NCC2(SC)CCC2)C1. The van der Waals surface area contributed by atoms with E-state index in [-0.39, 0.29) is 0 Å². The van der Waals surface area contributed by atoms with Crippen LogP contribution in [-0.2, 0) is 4.74 Å². The molecule has 2 rings (SSSR count). The fourth-order valence-corrected chi connectivity index (χ4v) is 3.82. The maximum atomic E-state index is 5.47. The molecule has 2 unspecified atom stereocenters. The Hall–Kier alpha value is 0.270. The van der Waals surface area contributed by atoms with E-state index >= 15 is 0 Å². The van der Waals surface area contributed by atoms with E-state index < -0.39 is 0 Å². The molecular weight excluding hydrogens is 218 g/mol. The van der Waals surface area contributed by atoms with Gasteiger partial charge in [-0.2, -0.15) is 11.8 Å². The molecule has 94 valence electrons. The second-order valence-electron chi connectivity index (χ2n) is 5.34. The van der Waals surface area contributed by atoms with Crippen LogP contribution in [0.4, 0.5) is 0 Å². The van der Waals surface area contributed by atoms with Crippen LogP contribution in [-0.4, -0.2) is 36.8 Å². The van der Waals surface area contributed by atoms with Crippen LogP contribution < -0.4 is 5.32 Å². The molecule has 3 heteroatoms. The van der Waals surface area contributed by atoms with Crippen LogP contribution in [0, 0.1) is 0 Å². The normalized spacial score (nSPS) is 33.4. The van der Waals surface area contributed by atoms with Gasteiger partial charge in [-0.1, -0.05) is 6.42 Å². The summed E-state index contributed by atoms with van der Waals surface area (Å²) in [4.78, 5) is 0. The summed E-state index contributed by atoms with van der Waals surface area (Å²) >= 11 is 2.06. The standard InChI is InChI=1S/C13H25NOS/c1-15-12-6-3-5-11(9-12)14-10-13(16-2)7-4-8-13/h11-12,14H,3-10H2,1-2H3. The summed E-state index contributed by atoms with van der Waals surface area (Å²) in [5.41, 5.74) is 0. The topological polar surface area (TPSA) is 21.3 Å². The van der Waals surface area contributed by atoms with Crippen LogP contribution in [0.3, 0.4) is 0 Å². The highest BCUT2D eigenvalue weighted by Gasteiger charge is 2.36. The van der Waals surface area contributed by atoms with Crippen molar-refractivity contribution in [2.45, 2.75) is 61.8 Å². The Bertz CT molecular complexity index is 212. The molecule has 2 aliphatic rings. The van der Waals surface area contributed by atoms with Crippen LogP contribution in [0.1, 0.15) is 44.9 Å². The molecule has 1 N–H and O–H groups in total. The van der Waals surface area contributed by atoms with Crippen molar-refractivity contribution in [3.63, 3.8) is 0 Å². The van der Waals surface area contributed by atoms with Gasteiger partial charge < -0.3 is 10.1 Å². The number of methoxy groups -OCH3 is 1. The third-order valence-corrected chi connectivity index (χ3v) is 5.79. The van der Waals surface area contributed by atoms with Crippen molar-refractivity contribution in [2.24, 2.45) is 0 Å². The first-order valence-corrected chi connectivity index (χ1v) is 7.82. The van der Waals surface area contributed by atoms with Gasteiger partial charge >= 0.3 is 0 Å². The second kappa shape index (κ2) is 5.74. The number of hydrogen-bond acceptors (Lipinski definition) is 3. The lowest BCUT2D eigenvalue weighted by Crippen LogP contribution is -2.48. The molecule has 0 aromatic carbocycles. The van der Waals surface area contributed by atoms with Crippen molar-refractivity contribution < 1.29 is 4.74 Å². The van der Waals surface area contributed by atoms with Crippen molar-refractivity contribution in [3.05, 3.63) is 0 Å². The molecule has 2 fully saturated rings. The zero-order valence-electron chi connectivity index (χ0n) is 10.6. The van der Waals surface area contributed by atoms with Gasteiger partial charge in [-0.3, -0.25) is 0 Å². The number of hydrogen-bond donors (Lipinski definition) is 1. The van der Waals surface area contributed by atoms with Gasteiger partial charge in [0.15, 0.2) is 0 Å². The minimum Gasteiger partial charge on any atom is -0.381 e. The maximum Gasteiger partial charge on any atom is 0.0586 e. The Kier molecular flexibility index (Phi) is 4.57. The van der Waals surface area contributed by atoms with Gasteiger partial charge in [-0.15, -0.1) is 0 Å². The van der Waals surface area contributed by atoms with Crippen LogP contribution in [0.15, 0.2) is 0 Å². The van der Waals surface area contributed by atoms with Crippen LogP contribution in [0.25, 0.3) is 0 Å². The summed E-state index contributed by atoms with van der Waals surface area (Å²) in [7, 11) is 1.85. The first-order chi connectivity index (χ1) is 7.78. The summed E-state index contributed by atoms with van der Waals surface area (Å²) in [5.74, 6) is 0. The van der Waals surface area contributed by atoms with E-state index in [1.165, 1.54) is 51.5 Å². The highest BCUT2D eigenvalue weighted by Crippen LogP contribution is 2.42. The third kappa shape index (κ3) is 2.93. The second-order valence-corrected chi connectivity index (χ2v) is 6.62. The van der Waals surface area contributed by atoms with Crippen molar-refractivity contribution >= 4 is 11.8 Å². The Morgan fingerprint density at radius 3 is 2.69 bits per heavy atom. The average molecular weight is 243 g/mol. The molecular formula is C13H25NOS. The van der Waals surface area contributed by atoms with Crippen molar-refractivity contribution in [3.8, 4) is 0 Å². The fourth-order valence-electron chi connectivity index (χ4n) is 2.90. The molecule has 0 radical (unpaired) electrons. The minimum atomic E-state index is 0.498. The third-order valence-electron chi connectivity index (χ3n) is 4.37. The highest BCUT2D eigenvalue weighted by molar-refractivity contribution is 8.00. The predicted octanol–water partition coefficient (Wildman–Crippen LogP) is 2.82. The summed E-state index contributed by atoms with van der Waals surface area (Å²) in [6.45, 7) is 1.20. The van der Waals surface area contributed by atoms with Gasteiger partial charge in [0.05, 0.1) is 6.10 Å². The first kappa shape index (κ1) is 12.7. The number of nitrogens with one attached hydrogen (secondary N) is 1. The quantitative estimate of drug-likeness (QED) is 0.802. The molecule has 0 aromatic rings. The fraction of sp³-hybridized carbons (Fsp3) is 1.00. The number of thioether (sulfide) groups is 1. The molecule has 0 bridgehead atoms. The monoisotopic (exact) mass is 243 g/mol. The van der Waals surface area contributed by atoms with Crippen LogP contribution in [0.5, 0.6) is 0 Å². The molecule has 2 saturated carbocycles. The Morgan fingerprint density at radius 1 is 1.31 bits per heavy atom. The molecule has 2 atom stereocenters. The van der Waals surface area contributed by atoms with Gasteiger partial charge in [0.25, 0.3) is 0 Å². The van der Waals surface area contributed by atoms with E-state index in [9.17, 15) is 0 Å². The Balaban J connectivity index is 1.72. The van der Waals surface area contributed by atoms with E-state index in [1.54, 1.807) is 0 Å². The molecule has 0 aromatic heterocycles. The van der Waals surface area contributed by atoms with Crippen LogP contribution in [0.2, 0.25) is 0 Å². The Labute approximate surface area is 104 Å². The molecule has 0 amide bonds. The lowest BCUT2D eigenvalue weighted by atomic mass is 9.83. The highest BCUT2D eigenvalue weighted by atomic mass is 32.2. The summed E-state index contributed by atoms with van der Waals surface area (Å²) in [5, 5.41) is 3.78. The average Bonchev–Trinajstić information content (AvgIpc) is 2.29. The maximum absolute atomic E-state index is 5.47. The minimum absolute atomic E-state index is 0.498. The molecule has 0 spiro atoms. The summed E-state index contributed by atoms with van der Waals surface area (Å²) in [6.07, 6.45) is 12.1. The zero-order chi connectivity index (χ0) is 11.4. The van der Waals surface area contributed by atoms with E-state index in [4.69, 9.17) is 4.74 Å². The Morgan fingerprint density at radius 2 is 2.12 bits per heavy atom. The van der Waals surface area contributed by atoms with Gasteiger partial charge in [-0.25, -0.2) is 0 Å². The smallest absolute Gasteiger partial charge is 0.0586 e. The van der Waals surface area contributed by atoms with E-state index in [1.807, 2.05) is 7.11 Å². The first-order valence-electron chi connectivity index (χ1n) is 6.59. The van der Waals surface area contributed by atoms with Crippen molar-refractivity contribution in [2.75, 3.05) is 19.9 Å². The molecule has 0 aliphatic heterocycles. The van der Waals surface area contributed by atoms with Gasteiger partial charge in [-0.05, 0) is 44.8 Å². The van der Waals surface area contributed by atoms with E-state index in [2.05, 4.69) is 23.3 Å². The number of rotatable bonds is 5. The molecule has 16 heavy (non-hydrogen) atoms. The van der Waals surface area contributed by atoms with E-state index in [0.29, 0.717) is 16.9 Å². The summed E-state index contributed by atoms with van der Waals surface area (Å²) < 4.78 is 6.04. The molecule has 2 aliphatic carbocycles. The summed E-state index contributed by atoms with van der Waals surface area (Å²) in [6, 6.07) is 0.698. The molecule has 2 nitrogen and oxygen atoms in total. The van der Waals surface area contributed by atoms with Crippen molar-refractivity contribution in [1.82, 2.24) is 5.32 Å². The zero-order valence-corrected chi connectivity index (χ0v) is 11.4. The largest absolute Gasteiger partial charge is 0.381 e. The van der Waals surface area contributed by atoms with Gasteiger partial charge in [0.1, 0.15) is 0 Å². The van der Waals surface area contributed by atoms with Crippen molar-refractivity contribution in [1.29, 1.82) is 0 Å². The number of ether oxygens (including phenoxy) is 1. The van der Waals surface area contributed by atoms with Gasteiger partial charge in [0, 0.05) is 24.4 Å². The lowest BCUT2D eigenvalue weighted by molar-refractivity contribution is 0.0579. The molecule has 0 saturated heterocycles. The van der Waals surface area contributed by atoms with Crippen LogP contribution >= 0.6 is 11.8 Å². The molecule has 0 heterocycles.